The molecule has 0 spiro atoms. The molecule has 1 aliphatic heterocycles. The van der Waals surface area contributed by atoms with Crippen LogP contribution in [0.3, 0.4) is 0 Å². The average molecular weight is 502 g/mol. The van der Waals surface area contributed by atoms with E-state index in [1.165, 1.54) is 17.0 Å². The maximum Gasteiger partial charge on any atom is 0.416 e. The second kappa shape index (κ2) is 11.1. The van der Waals surface area contributed by atoms with Crippen molar-refractivity contribution in [3.05, 3.63) is 71.3 Å². The highest BCUT2D eigenvalue weighted by Gasteiger charge is 2.34. The number of amides is 3. The molecule has 36 heavy (non-hydrogen) atoms. The first kappa shape index (κ1) is 25.7. The van der Waals surface area contributed by atoms with Gasteiger partial charge < -0.3 is 15.5 Å². The maximum absolute atomic E-state index is 13.1. The quantitative estimate of drug-likeness (QED) is 0.637. The highest BCUT2D eigenvalue weighted by Crippen LogP contribution is 2.29. The molecule has 6 nitrogen and oxygen atoms in total. The molecular formula is C27H30F3N3O3. The lowest BCUT2D eigenvalue weighted by Crippen LogP contribution is -2.55. The molecule has 1 heterocycles. The van der Waals surface area contributed by atoms with Crippen molar-refractivity contribution in [3.63, 3.8) is 0 Å². The van der Waals surface area contributed by atoms with Gasteiger partial charge in [-0.1, -0.05) is 31.0 Å². The second-order valence-electron chi connectivity index (χ2n) is 9.51. The van der Waals surface area contributed by atoms with Crippen LogP contribution in [0.2, 0.25) is 0 Å². The van der Waals surface area contributed by atoms with Crippen molar-refractivity contribution < 1.29 is 27.6 Å². The van der Waals surface area contributed by atoms with Gasteiger partial charge in [0, 0.05) is 36.3 Å². The van der Waals surface area contributed by atoms with Crippen molar-refractivity contribution in [1.29, 1.82) is 0 Å². The zero-order valence-electron chi connectivity index (χ0n) is 19.9. The van der Waals surface area contributed by atoms with E-state index in [0.717, 1.165) is 37.8 Å². The van der Waals surface area contributed by atoms with Crippen LogP contribution in [0, 0.1) is 5.92 Å². The highest BCUT2D eigenvalue weighted by atomic mass is 19.4. The van der Waals surface area contributed by atoms with E-state index < -0.39 is 17.7 Å². The number of rotatable bonds is 5. The van der Waals surface area contributed by atoms with Crippen LogP contribution in [-0.4, -0.2) is 47.8 Å². The summed E-state index contributed by atoms with van der Waals surface area (Å²) in [6.45, 7) is 0.655. The molecule has 1 unspecified atom stereocenters. The van der Waals surface area contributed by atoms with Gasteiger partial charge in [0.25, 0.3) is 11.8 Å². The molecule has 2 aliphatic rings. The molecule has 1 saturated heterocycles. The van der Waals surface area contributed by atoms with Crippen LogP contribution < -0.4 is 10.6 Å². The Kier molecular flexibility index (Phi) is 7.96. The smallest absolute Gasteiger partial charge is 0.351 e. The Hall–Kier alpha value is -3.36. The third-order valence-corrected chi connectivity index (χ3v) is 6.98. The van der Waals surface area contributed by atoms with Crippen LogP contribution in [0.25, 0.3) is 0 Å². The summed E-state index contributed by atoms with van der Waals surface area (Å²) in [5, 5.41) is 6.16. The predicted molar refractivity (Wildman–Crippen MR) is 128 cm³/mol. The first-order valence-electron chi connectivity index (χ1n) is 12.3. The summed E-state index contributed by atoms with van der Waals surface area (Å²) in [5.41, 5.74) is -0.0748. The Morgan fingerprint density at radius 3 is 2.06 bits per heavy atom. The first-order chi connectivity index (χ1) is 17.2. The van der Waals surface area contributed by atoms with E-state index in [1.807, 2.05) is 6.07 Å². The fourth-order valence-corrected chi connectivity index (χ4v) is 4.98. The zero-order valence-corrected chi connectivity index (χ0v) is 19.9. The molecule has 1 saturated carbocycles. The molecule has 0 aromatic heterocycles. The molecule has 3 amide bonds. The van der Waals surface area contributed by atoms with Gasteiger partial charge in [0.15, 0.2) is 0 Å². The van der Waals surface area contributed by atoms with Gasteiger partial charge in [-0.15, -0.1) is 0 Å². The molecule has 2 N–H and O–H groups in total. The van der Waals surface area contributed by atoms with Crippen LogP contribution >= 0.6 is 0 Å². The Balaban J connectivity index is 1.36. The van der Waals surface area contributed by atoms with Gasteiger partial charge in [-0.25, -0.2) is 0 Å². The van der Waals surface area contributed by atoms with Gasteiger partial charge >= 0.3 is 6.18 Å². The molecule has 4 rings (SSSR count). The highest BCUT2D eigenvalue weighted by molar-refractivity contribution is 5.95. The maximum atomic E-state index is 13.1. The van der Waals surface area contributed by atoms with Crippen molar-refractivity contribution in [2.45, 2.75) is 56.8 Å². The van der Waals surface area contributed by atoms with Crippen LogP contribution in [0.15, 0.2) is 54.6 Å². The minimum atomic E-state index is -4.46. The normalized spacial score (nSPS) is 22.5. The topological polar surface area (TPSA) is 78.5 Å². The zero-order chi connectivity index (χ0) is 25.7. The number of alkyl halides is 3. The summed E-state index contributed by atoms with van der Waals surface area (Å²) in [6.07, 6.45) is 0.225. The summed E-state index contributed by atoms with van der Waals surface area (Å²) < 4.78 is 38.5. The Morgan fingerprint density at radius 2 is 1.42 bits per heavy atom. The minimum absolute atomic E-state index is 0.161. The van der Waals surface area contributed by atoms with Gasteiger partial charge in [0.2, 0.25) is 5.91 Å². The van der Waals surface area contributed by atoms with E-state index in [4.69, 9.17) is 0 Å². The summed E-state index contributed by atoms with van der Waals surface area (Å²) in [5.74, 6) is -1.13. The van der Waals surface area contributed by atoms with Gasteiger partial charge in [-0.3, -0.25) is 14.4 Å². The third-order valence-electron chi connectivity index (χ3n) is 6.98. The van der Waals surface area contributed by atoms with Crippen molar-refractivity contribution in [1.82, 2.24) is 15.5 Å². The number of likely N-dealkylation sites (tertiary alicyclic amines) is 1. The van der Waals surface area contributed by atoms with E-state index in [2.05, 4.69) is 10.6 Å². The van der Waals surface area contributed by atoms with E-state index >= 15 is 0 Å². The Bertz CT molecular complexity index is 1070. The van der Waals surface area contributed by atoms with Crippen LogP contribution in [0.4, 0.5) is 13.2 Å². The molecule has 2 aromatic carbocycles. The van der Waals surface area contributed by atoms with Gasteiger partial charge in [-0.2, -0.15) is 13.2 Å². The average Bonchev–Trinajstić information content (AvgIpc) is 2.89. The van der Waals surface area contributed by atoms with Crippen molar-refractivity contribution in [3.8, 4) is 0 Å². The summed E-state index contributed by atoms with van der Waals surface area (Å²) in [4.78, 5) is 40.2. The minimum Gasteiger partial charge on any atom is -0.351 e. The Labute approximate surface area is 208 Å². The number of carbonyl (C=O) groups excluding carboxylic acids is 3. The standard InChI is InChI=1S/C27H30F3N3O3/c28-27(29,30)21-14-12-19(13-15-21)26(36)33-16-6-9-20(17-33)25(35)32-23-11-5-4-10-22(23)31-24(34)18-7-2-1-3-8-18/h1-3,7-8,12-15,20,22-23H,4-6,9-11,16-17H2,(H,31,34)(H,32,35)/t20?,22-,23-/m1/s1. The molecule has 192 valence electrons. The number of piperidine rings is 1. The molecule has 9 heteroatoms. The molecule has 3 atom stereocenters. The van der Waals surface area contributed by atoms with Crippen LogP contribution in [0.5, 0.6) is 0 Å². The Morgan fingerprint density at radius 1 is 0.778 bits per heavy atom. The number of nitrogens with zero attached hydrogens (tertiary/aromatic N) is 1. The molecule has 2 fully saturated rings. The monoisotopic (exact) mass is 501 g/mol. The van der Waals surface area contributed by atoms with E-state index in [-0.39, 0.29) is 41.9 Å². The fraction of sp³-hybridized carbons (Fsp3) is 0.444. The number of hydrogen-bond donors (Lipinski definition) is 2. The number of halogens is 3. The van der Waals surface area contributed by atoms with Gasteiger partial charge in [-0.05, 0) is 62.1 Å². The summed E-state index contributed by atoms with van der Waals surface area (Å²) in [7, 11) is 0. The fourth-order valence-electron chi connectivity index (χ4n) is 4.98. The van der Waals surface area contributed by atoms with E-state index in [1.54, 1.807) is 24.3 Å². The molecule has 1 aliphatic carbocycles. The largest absolute Gasteiger partial charge is 0.416 e. The number of carbonyl (C=O) groups is 3. The summed E-state index contributed by atoms with van der Waals surface area (Å²) in [6, 6.07) is 12.7. The number of nitrogens with one attached hydrogen (secondary N) is 2. The third kappa shape index (κ3) is 6.25. The van der Waals surface area contributed by atoms with Crippen molar-refractivity contribution >= 4 is 17.7 Å². The first-order valence-corrected chi connectivity index (χ1v) is 12.3. The molecule has 0 bridgehead atoms. The lowest BCUT2D eigenvalue weighted by molar-refractivity contribution is -0.137. The van der Waals surface area contributed by atoms with Crippen molar-refractivity contribution in [2.24, 2.45) is 5.92 Å². The number of benzene rings is 2. The van der Waals surface area contributed by atoms with Crippen molar-refractivity contribution in [2.75, 3.05) is 13.1 Å². The predicted octanol–water partition coefficient (Wildman–Crippen LogP) is 4.42. The van der Waals surface area contributed by atoms with Crippen LogP contribution in [0.1, 0.15) is 64.8 Å². The summed E-state index contributed by atoms with van der Waals surface area (Å²) >= 11 is 0. The van der Waals surface area contributed by atoms with Gasteiger partial charge in [0.1, 0.15) is 0 Å². The van der Waals surface area contributed by atoms with E-state index in [9.17, 15) is 27.6 Å². The molecule has 2 aromatic rings. The lowest BCUT2D eigenvalue weighted by atomic mass is 9.88. The SMILES string of the molecule is O=C(N[C@@H]1CCCC[C@H]1NC(=O)C1CCCN(C(=O)c2ccc(C(F)(F)F)cc2)C1)c1ccccc1. The lowest BCUT2D eigenvalue weighted by Gasteiger charge is -2.36. The number of hydrogen-bond acceptors (Lipinski definition) is 3. The van der Waals surface area contributed by atoms with Gasteiger partial charge in [0.05, 0.1) is 11.5 Å². The van der Waals surface area contributed by atoms with E-state index in [0.29, 0.717) is 24.9 Å². The second-order valence-corrected chi connectivity index (χ2v) is 9.51. The van der Waals surface area contributed by atoms with Crippen LogP contribution in [-0.2, 0) is 11.0 Å². The molecule has 0 radical (unpaired) electrons. The molecular weight excluding hydrogens is 471 g/mol.